The van der Waals surface area contributed by atoms with E-state index in [9.17, 15) is 4.79 Å². The first-order valence-electron chi connectivity index (χ1n) is 11.3. The zero-order valence-electron chi connectivity index (χ0n) is 19.5. The second kappa shape index (κ2) is 9.14. The van der Waals surface area contributed by atoms with Crippen molar-refractivity contribution in [3.8, 4) is 17.2 Å². The molecule has 1 unspecified atom stereocenters. The minimum atomic E-state index is -0.212. The summed E-state index contributed by atoms with van der Waals surface area (Å²) in [4.78, 5) is 15.7. The van der Waals surface area contributed by atoms with Crippen LogP contribution < -0.4 is 14.2 Å². The average molecular weight is 458 g/mol. The molecule has 1 aromatic heterocycles. The molecule has 0 aliphatic carbocycles. The molecule has 6 heteroatoms. The molecule has 1 atom stereocenters. The Kier molecular flexibility index (Phi) is 5.88. The van der Waals surface area contributed by atoms with Crippen LogP contribution in [0.2, 0.25) is 0 Å². The monoisotopic (exact) mass is 457 g/mol. The van der Waals surface area contributed by atoms with Crippen molar-refractivity contribution in [2.24, 2.45) is 0 Å². The molecule has 4 aromatic rings. The Morgan fingerprint density at radius 1 is 0.971 bits per heavy atom. The number of methoxy groups -OCH3 is 3. The van der Waals surface area contributed by atoms with Gasteiger partial charge in [-0.1, -0.05) is 30.3 Å². The smallest absolute Gasteiger partial charge is 0.227 e. The second-order valence-electron chi connectivity index (χ2n) is 8.36. The van der Waals surface area contributed by atoms with Gasteiger partial charge in [-0.25, -0.2) is 0 Å². The van der Waals surface area contributed by atoms with Gasteiger partial charge >= 0.3 is 0 Å². The highest BCUT2D eigenvalue weighted by Crippen LogP contribution is 2.41. The maximum atomic E-state index is 13.7. The third-order valence-electron chi connectivity index (χ3n) is 6.51. The summed E-state index contributed by atoms with van der Waals surface area (Å²) in [5, 5.41) is 0.925. The van der Waals surface area contributed by atoms with E-state index in [1.54, 1.807) is 27.6 Å². The Morgan fingerprint density at radius 2 is 1.74 bits per heavy atom. The van der Waals surface area contributed by atoms with Gasteiger partial charge < -0.3 is 23.5 Å². The standard InChI is InChI=1S/C28H27NO5/c1-31-21-9-10-22-20(17-34-24(22)15-21)14-27(30)29-12-11-19-13-25(32-2)26(33-3)16-23(19)28(29)18-7-5-4-6-8-18/h4-10,13,15-17,28H,11-12,14H2,1-3H3. The zero-order valence-corrected chi connectivity index (χ0v) is 19.5. The minimum absolute atomic E-state index is 0.0489. The Morgan fingerprint density at radius 3 is 2.47 bits per heavy atom. The fraction of sp³-hybridized carbons (Fsp3) is 0.250. The molecule has 5 rings (SSSR count). The molecule has 0 fully saturated rings. The first-order valence-corrected chi connectivity index (χ1v) is 11.3. The molecule has 1 aliphatic rings. The van der Waals surface area contributed by atoms with Gasteiger partial charge in [0.15, 0.2) is 11.5 Å². The lowest BCUT2D eigenvalue weighted by Crippen LogP contribution is -2.41. The van der Waals surface area contributed by atoms with E-state index in [0.717, 1.165) is 39.8 Å². The second-order valence-corrected chi connectivity index (χ2v) is 8.36. The molecule has 0 saturated heterocycles. The lowest BCUT2D eigenvalue weighted by Gasteiger charge is -2.38. The SMILES string of the molecule is COc1ccc2c(CC(=O)N3CCc4cc(OC)c(OC)cc4C3c3ccccc3)coc2c1. The summed E-state index contributed by atoms with van der Waals surface area (Å²) in [5.74, 6) is 2.13. The highest BCUT2D eigenvalue weighted by atomic mass is 16.5. The molecule has 1 aliphatic heterocycles. The normalized spacial score (nSPS) is 15.1. The number of nitrogens with zero attached hydrogens (tertiary/aromatic N) is 1. The van der Waals surface area contributed by atoms with Gasteiger partial charge in [-0.2, -0.15) is 0 Å². The predicted molar refractivity (Wildman–Crippen MR) is 130 cm³/mol. The molecular formula is C28H27NO5. The topological polar surface area (TPSA) is 61.1 Å². The highest BCUT2D eigenvalue weighted by molar-refractivity contribution is 5.89. The van der Waals surface area contributed by atoms with Crippen molar-refractivity contribution in [3.63, 3.8) is 0 Å². The summed E-state index contributed by atoms with van der Waals surface area (Å²) < 4.78 is 22.1. The Hall–Kier alpha value is -3.93. The highest BCUT2D eigenvalue weighted by Gasteiger charge is 2.33. The molecule has 0 spiro atoms. The van der Waals surface area contributed by atoms with Gasteiger partial charge in [0.05, 0.1) is 40.1 Å². The van der Waals surface area contributed by atoms with Gasteiger partial charge in [-0.15, -0.1) is 0 Å². The number of benzene rings is 3. The molecule has 0 N–H and O–H groups in total. The molecule has 174 valence electrons. The van der Waals surface area contributed by atoms with Gasteiger partial charge in [0.2, 0.25) is 5.91 Å². The lowest BCUT2D eigenvalue weighted by atomic mass is 9.87. The molecule has 0 bridgehead atoms. The third kappa shape index (κ3) is 3.85. The van der Waals surface area contributed by atoms with E-state index in [4.69, 9.17) is 18.6 Å². The molecule has 6 nitrogen and oxygen atoms in total. The minimum Gasteiger partial charge on any atom is -0.497 e. The van der Waals surface area contributed by atoms with E-state index in [1.807, 2.05) is 53.4 Å². The molecule has 1 amide bonds. The van der Waals surface area contributed by atoms with Crippen LogP contribution in [0.15, 0.2) is 71.3 Å². The van der Waals surface area contributed by atoms with E-state index < -0.39 is 0 Å². The average Bonchev–Trinajstić information content (AvgIpc) is 3.29. The van der Waals surface area contributed by atoms with Crippen molar-refractivity contribution in [2.75, 3.05) is 27.9 Å². The van der Waals surface area contributed by atoms with Crippen LogP contribution in [-0.2, 0) is 17.6 Å². The number of amides is 1. The summed E-state index contributed by atoms with van der Waals surface area (Å²) in [5.41, 5.74) is 4.86. The van der Waals surface area contributed by atoms with Crippen molar-refractivity contribution in [1.29, 1.82) is 0 Å². The lowest BCUT2D eigenvalue weighted by molar-refractivity contribution is -0.132. The van der Waals surface area contributed by atoms with Crippen molar-refractivity contribution in [1.82, 2.24) is 4.90 Å². The number of carbonyl (C=O) groups is 1. The number of hydrogen-bond acceptors (Lipinski definition) is 5. The molecule has 0 saturated carbocycles. The van der Waals surface area contributed by atoms with Crippen molar-refractivity contribution >= 4 is 16.9 Å². The summed E-state index contributed by atoms with van der Waals surface area (Å²) in [6.07, 6.45) is 2.67. The van der Waals surface area contributed by atoms with Gasteiger partial charge in [0.25, 0.3) is 0 Å². The maximum absolute atomic E-state index is 13.7. The number of furan rings is 1. The summed E-state index contributed by atoms with van der Waals surface area (Å²) in [7, 11) is 4.89. The number of rotatable bonds is 6. The van der Waals surface area contributed by atoms with Gasteiger partial charge in [0, 0.05) is 23.6 Å². The van der Waals surface area contributed by atoms with Gasteiger partial charge in [-0.05, 0) is 47.4 Å². The summed E-state index contributed by atoms with van der Waals surface area (Å²) in [6, 6.07) is 19.6. The number of hydrogen-bond donors (Lipinski definition) is 0. The van der Waals surface area contributed by atoms with Crippen LogP contribution in [0.3, 0.4) is 0 Å². The van der Waals surface area contributed by atoms with E-state index in [2.05, 4.69) is 12.1 Å². The van der Waals surface area contributed by atoms with E-state index in [1.165, 1.54) is 0 Å². The summed E-state index contributed by atoms with van der Waals surface area (Å²) in [6.45, 7) is 0.616. The quantitative estimate of drug-likeness (QED) is 0.400. The first-order chi connectivity index (χ1) is 16.6. The predicted octanol–water partition coefficient (Wildman–Crippen LogP) is 5.18. The zero-order chi connectivity index (χ0) is 23.7. The van der Waals surface area contributed by atoms with E-state index in [-0.39, 0.29) is 18.4 Å². The van der Waals surface area contributed by atoms with Crippen LogP contribution in [0, 0.1) is 0 Å². The maximum Gasteiger partial charge on any atom is 0.227 e. The third-order valence-corrected chi connectivity index (χ3v) is 6.51. The number of ether oxygens (including phenoxy) is 3. The van der Waals surface area contributed by atoms with Crippen molar-refractivity contribution in [3.05, 3.63) is 89.2 Å². The van der Waals surface area contributed by atoms with E-state index in [0.29, 0.717) is 23.6 Å². The van der Waals surface area contributed by atoms with E-state index >= 15 is 0 Å². The molecule has 3 aromatic carbocycles. The molecule has 34 heavy (non-hydrogen) atoms. The van der Waals surface area contributed by atoms with Crippen molar-refractivity contribution < 1.29 is 23.4 Å². The van der Waals surface area contributed by atoms with Gasteiger partial charge in [-0.3, -0.25) is 4.79 Å². The molecule has 0 radical (unpaired) electrons. The van der Waals surface area contributed by atoms with Crippen LogP contribution in [-0.4, -0.2) is 38.7 Å². The van der Waals surface area contributed by atoms with Crippen LogP contribution >= 0.6 is 0 Å². The fourth-order valence-corrected chi connectivity index (χ4v) is 4.80. The molecule has 2 heterocycles. The number of carbonyl (C=O) groups excluding carboxylic acids is 1. The largest absolute Gasteiger partial charge is 0.497 e. The Labute approximate surface area is 198 Å². The van der Waals surface area contributed by atoms with Crippen molar-refractivity contribution in [2.45, 2.75) is 18.9 Å². The molecular weight excluding hydrogens is 430 g/mol. The fourth-order valence-electron chi connectivity index (χ4n) is 4.80. The summed E-state index contributed by atoms with van der Waals surface area (Å²) >= 11 is 0. The van der Waals surface area contributed by atoms with Crippen LogP contribution in [0.1, 0.15) is 28.3 Å². The van der Waals surface area contributed by atoms with Crippen LogP contribution in [0.5, 0.6) is 17.2 Å². The van der Waals surface area contributed by atoms with Crippen LogP contribution in [0.4, 0.5) is 0 Å². The number of fused-ring (bicyclic) bond motifs is 2. The first kappa shape index (κ1) is 21.9. The van der Waals surface area contributed by atoms with Gasteiger partial charge in [0.1, 0.15) is 11.3 Å². The van der Waals surface area contributed by atoms with Crippen LogP contribution in [0.25, 0.3) is 11.0 Å². The Balaban J connectivity index is 1.52. The Bertz CT molecular complexity index is 1330.